The molecule has 24 heavy (non-hydrogen) atoms. The first-order chi connectivity index (χ1) is 11.6. The first-order valence-electron chi connectivity index (χ1n) is 9.53. The van der Waals surface area contributed by atoms with Crippen molar-refractivity contribution in [1.82, 2.24) is 0 Å². The highest BCUT2D eigenvalue weighted by Gasteiger charge is 2.26. The molecule has 142 valence electrons. The van der Waals surface area contributed by atoms with Crippen LogP contribution in [0.25, 0.3) is 0 Å². The van der Waals surface area contributed by atoms with Crippen LogP contribution < -0.4 is 0 Å². The molecular weight excluding hydrogens is 308 g/mol. The number of hydrogen-bond donors (Lipinski definition) is 1. The third-order valence-corrected chi connectivity index (χ3v) is 4.15. The molecule has 0 aliphatic rings. The van der Waals surface area contributed by atoms with E-state index in [-0.39, 0.29) is 0 Å². The number of ether oxygens (including phenoxy) is 2. The molecule has 5 nitrogen and oxygen atoms in total. The minimum atomic E-state index is -1.15. The number of esters is 2. The summed E-state index contributed by atoms with van der Waals surface area (Å²) in [5.74, 6) is -1.26. The summed E-state index contributed by atoms with van der Waals surface area (Å²) < 4.78 is 9.87. The van der Waals surface area contributed by atoms with Crippen LogP contribution in [0.2, 0.25) is 0 Å². The maximum absolute atomic E-state index is 11.9. The van der Waals surface area contributed by atoms with Gasteiger partial charge in [-0.3, -0.25) is 0 Å². The number of rotatable bonds is 15. The first-order valence-corrected chi connectivity index (χ1v) is 9.53. The predicted octanol–water partition coefficient (Wildman–Crippen LogP) is 4.15. The van der Waals surface area contributed by atoms with E-state index in [0.717, 1.165) is 44.9 Å². The Labute approximate surface area is 147 Å². The Morgan fingerprint density at radius 2 is 1.29 bits per heavy atom. The number of methoxy groups -OCH3 is 1. The maximum atomic E-state index is 11.9. The standard InChI is InChI=1S/C19H36O5/c1-4-6-8-10-11-12-14-16(20)18(21)24-17(19(22)23-3)15-13-9-7-5-2/h16-17,20H,4-15H2,1-3H3. The van der Waals surface area contributed by atoms with Gasteiger partial charge >= 0.3 is 11.9 Å². The topological polar surface area (TPSA) is 72.8 Å². The van der Waals surface area contributed by atoms with Gasteiger partial charge in [-0.05, 0) is 19.3 Å². The van der Waals surface area contributed by atoms with Crippen LogP contribution in [-0.2, 0) is 19.1 Å². The molecule has 0 radical (unpaired) electrons. The molecule has 0 rings (SSSR count). The van der Waals surface area contributed by atoms with Gasteiger partial charge in [0.15, 0.2) is 12.2 Å². The van der Waals surface area contributed by atoms with Crippen molar-refractivity contribution < 1.29 is 24.2 Å². The van der Waals surface area contributed by atoms with E-state index in [9.17, 15) is 14.7 Å². The summed E-state index contributed by atoms with van der Waals surface area (Å²) in [5.41, 5.74) is 0. The molecule has 5 heteroatoms. The van der Waals surface area contributed by atoms with Crippen LogP contribution in [0.3, 0.4) is 0 Å². The lowest BCUT2D eigenvalue weighted by molar-refractivity contribution is -0.172. The van der Waals surface area contributed by atoms with Crippen molar-refractivity contribution in [2.24, 2.45) is 0 Å². The number of unbranched alkanes of at least 4 members (excludes halogenated alkanes) is 8. The van der Waals surface area contributed by atoms with Gasteiger partial charge in [-0.25, -0.2) is 9.59 Å². The van der Waals surface area contributed by atoms with Crippen molar-refractivity contribution in [3.63, 3.8) is 0 Å². The molecule has 0 bridgehead atoms. The Hall–Kier alpha value is -1.10. The Kier molecular flexibility index (Phi) is 14.7. The monoisotopic (exact) mass is 344 g/mol. The Morgan fingerprint density at radius 3 is 1.88 bits per heavy atom. The Morgan fingerprint density at radius 1 is 0.792 bits per heavy atom. The minimum Gasteiger partial charge on any atom is -0.466 e. The molecule has 0 saturated heterocycles. The lowest BCUT2D eigenvalue weighted by atomic mass is 10.1. The third-order valence-electron chi connectivity index (χ3n) is 4.15. The highest BCUT2D eigenvalue weighted by atomic mass is 16.6. The van der Waals surface area contributed by atoms with Crippen molar-refractivity contribution >= 4 is 11.9 Å². The molecule has 0 heterocycles. The van der Waals surface area contributed by atoms with Crippen LogP contribution in [0.15, 0.2) is 0 Å². The molecule has 0 spiro atoms. The van der Waals surface area contributed by atoms with E-state index in [1.54, 1.807) is 0 Å². The van der Waals surface area contributed by atoms with E-state index in [1.165, 1.54) is 26.4 Å². The molecule has 0 aromatic heterocycles. The van der Waals surface area contributed by atoms with Gasteiger partial charge in [0.05, 0.1) is 7.11 Å². The molecule has 2 unspecified atom stereocenters. The fourth-order valence-corrected chi connectivity index (χ4v) is 2.57. The van der Waals surface area contributed by atoms with E-state index in [4.69, 9.17) is 4.74 Å². The van der Waals surface area contributed by atoms with Gasteiger partial charge in [0.2, 0.25) is 0 Å². The zero-order valence-corrected chi connectivity index (χ0v) is 15.7. The van der Waals surface area contributed by atoms with Crippen LogP contribution in [0, 0.1) is 0 Å². The summed E-state index contributed by atoms with van der Waals surface area (Å²) in [6.07, 6.45) is 9.27. The average molecular weight is 344 g/mol. The van der Waals surface area contributed by atoms with Crippen LogP contribution in [0.4, 0.5) is 0 Å². The van der Waals surface area contributed by atoms with Crippen LogP contribution in [0.5, 0.6) is 0 Å². The largest absolute Gasteiger partial charge is 0.466 e. The van der Waals surface area contributed by atoms with E-state index in [1.807, 2.05) is 0 Å². The van der Waals surface area contributed by atoms with Crippen molar-refractivity contribution in [3.05, 3.63) is 0 Å². The zero-order chi connectivity index (χ0) is 18.2. The van der Waals surface area contributed by atoms with Crippen molar-refractivity contribution in [3.8, 4) is 0 Å². The molecule has 0 fully saturated rings. The van der Waals surface area contributed by atoms with E-state index in [0.29, 0.717) is 12.8 Å². The number of carbonyl (C=O) groups is 2. The Balaban J connectivity index is 4.11. The molecule has 0 aliphatic heterocycles. The zero-order valence-electron chi connectivity index (χ0n) is 15.7. The lowest BCUT2D eigenvalue weighted by Crippen LogP contribution is -2.33. The summed E-state index contributed by atoms with van der Waals surface area (Å²) >= 11 is 0. The van der Waals surface area contributed by atoms with E-state index >= 15 is 0 Å². The molecule has 0 saturated carbocycles. The molecule has 0 aliphatic carbocycles. The molecule has 2 atom stereocenters. The molecular formula is C19H36O5. The molecule has 0 aromatic rings. The van der Waals surface area contributed by atoms with Gasteiger partial charge in [0, 0.05) is 0 Å². The smallest absolute Gasteiger partial charge is 0.347 e. The fourth-order valence-electron chi connectivity index (χ4n) is 2.57. The second-order valence-electron chi connectivity index (χ2n) is 6.37. The van der Waals surface area contributed by atoms with E-state index < -0.39 is 24.1 Å². The average Bonchev–Trinajstić information content (AvgIpc) is 2.59. The number of carbonyl (C=O) groups excluding carboxylic acids is 2. The summed E-state index contributed by atoms with van der Waals surface area (Å²) in [6, 6.07) is 0. The predicted molar refractivity (Wildman–Crippen MR) is 94.7 cm³/mol. The van der Waals surface area contributed by atoms with Gasteiger partial charge in [-0.1, -0.05) is 71.6 Å². The van der Waals surface area contributed by atoms with Crippen molar-refractivity contribution in [2.75, 3.05) is 7.11 Å². The minimum absolute atomic E-state index is 0.384. The van der Waals surface area contributed by atoms with Crippen LogP contribution >= 0.6 is 0 Å². The molecule has 1 N–H and O–H groups in total. The van der Waals surface area contributed by atoms with Crippen molar-refractivity contribution in [1.29, 1.82) is 0 Å². The fraction of sp³-hybridized carbons (Fsp3) is 0.895. The summed E-state index contributed by atoms with van der Waals surface area (Å²) in [7, 11) is 1.28. The highest BCUT2D eigenvalue weighted by molar-refractivity contribution is 5.81. The van der Waals surface area contributed by atoms with Crippen molar-refractivity contribution in [2.45, 2.75) is 103 Å². The first kappa shape index (κ1) is 22.9. The van der Waals surface area contributed by atoms with Gasteiger partial charge in [0.25, 0.3) is 0 Å². The van der Waals surface area contributed by atoms with Crippen LogP contribution in [-0.4, -0.2) is 36.4 Å². The molecule has 0 aromatic carbocycles. The summed E-state index contributed by atoms with van der Waals surface area (Å²) in [6.45, 7) is 4.27. The third kappa shape index (κ3) is 11.4. The van der Waals surface area contributed by atoms with Gasteiger partial charge < -0.3 is 14.6 Å². The Bertz CT molecular complexity index is 330. The lowest BCUT2D eigenvalue weighted by Gasteiger charge is -2.18. The number of aliphatic hydroxyl groups excluding tert-OH is 1. The second-order valence-corrected chi connectivity index (χ2v) is 6.37. The SMILES string of the molecule is CCCCCCCCC(O)C(=O)OC(CCCCCC)C(=O)OC. The summed E-state index contributed by atoms with van der Waals surface area (Å²) in [5, 5.41) is 9.91. The van der Waals surface area contributed by atoms with Gasteiger partial charge in [-0.15, -0.1) is 0 Å². The molecule has 0 amide bonds. The highest BCUT2D eigenvalue weighted by Crippen LogP contribution is 2.13. The second kappa shape index (κ2) is 15.4. The quantitative estimate of drug-likeness (QED) is 0.357. The van der Waals surface area contributed by atoms with Crippen LogP contribution in [0.1, 0.15) is 90.9 Å². The number of aliphatic hydroxyl groups is 1. The van der Waals surface area contributed by atoms with Gasteiger partial charge in [0.1, 0.15) is 0 Å². The maximum Gasteiger partial charge on any atom is 0.347 e. The van der Waals surface area contributed by atoms with Gasteiger partial charge in [-0.2, -0.15) is 0 Å². The number of hydrogen-bond acceptors (Lipinski definition) is 5. The van der Waals surface area contributed by atoms with E-state index in [2.05, 4.69) is 18.6 Å². The normalized spacial score (nSPS) is 13.3. The summed E-state index contributed by atoms with van der Waals surface area (Å²) in [4.78, 5) is 23.7.